The lowest BCUT2D eigenvalue weighted by molar-refractivity contribution is -0.112. The first-order valence-electron chi connectivity index (χ1n) is 12.6. The third-order valence-electron chi connectivity index (χ3n) is 7.02. The van der Waals surface area contributed by atoms with Crippen molar-refractivity contribution in [2.75, 3.05) is 12.4 Å². The minimum absolute atomic E-state index is 0.0719. The van der Waals surface area contributed by atoms with Crippen LogP contribution in [0.15, 0.2) is 47.6 Å². The maximum atomic E-state index is 12.7. The maximum absolute atomic E-state index is 12.7. The molecular weight excluding hydrogens is 460 g/mol. The van der Waals surface area contributed by atoms with Gasteiger partial charge in [-0.15, -0.1) is 0 Å². The number of allylic oxidation sites excluding steroid dienone is 1. The van der Waals surface area contributed by atoms with Gasteiger partial charge in [-0.2, -0.15) is 0 Å². The van der Waals surface area contributed by atoms with Crippen LogP contribution in [0.4, 0.5) is 10.5 Å². The summed E-state index contributed by atoms with van der Waals surface area (Å²) in [6, 6.07) is 7.15. The molecule has 1 aliphatic rings. The normalized spacial score (nSPS) is 34.0. The number of amides is 2. The highest BCUT2D eigenvalue weighted by Crippen LogP contribution is 2.31. The molecule has 8 nitrogen and oxygen atoms in total. The number of primary amides is 1. The van der Waals surface area contributed by atoms with Crippen molar-refractivity contribution in [1.29, 1.82) is 0 Å². The highest BCUT2D eigenvalue weighted by atomic mass is 16.6. The molecule has 1 aliphatic heterocycles. The Morgan fingerprint density at radius 2 is 1.83 bits per heavy atom. The summed E-state index contributed by atoms with van der Waals surface area (Å²) < 4.78 is 11.1. The molecule has 0 saturated heterocycles. The number of carbonyl (C=O) groups excluding carboxylic acids is 2. The van der Waals surface area contributed by atoms with Crippen LogP contribution in [0.2, 0.25) is 0 Å². The lowest BCUT2D eigenvalue weighted by Crippen LogP contribution is -2.36. The summed E-state index contributed by atoms with van der Waals surface area (Å²) >= 11 is 0. The molecule has 0 spiro atoms. The Morgan fingerprint density at radius 3 is 2.47 bits per heavy atom. The van der Waals surface area contributed by atoms with Crippen LogP contribution in [-0.4, -0.2) is 47.6 Å². The lowest BCUT2D eigenvalue weighted by atomic mass is 9.86. The quantitative estimate of drug-likeness (QED) is 0.441. The average Bonchev–Trinajstić information content (AvgIpc) is 2.83. The zero-order valence-electron chi connectivity index (χ0n) is 22.2. The van der Waals surface area contributed by atoms with E-state index in [1.807, 2.05) is 45.9 Å². The molecule has 2 bridgehead atoms. The van der Waals surface area contributed by atoms with Crippen LogP contribution in [0.3, 0.4) is 0 Å². The maximum Gasteiger partial charge on any atom is 0.405 e. The van der Waals surface area contributed by atoms with Gasteiger partial charge in [-0.1, -0.05) is 45.1 Å². The fourth-order valence-corrected chi connectivity index (χ4v) is 4.77. The summed E-state index contributed by atoms with van der Waals surface area (Å²) in [5, 5.41) is 25.0. The van der Waals surface area contributed by atoms with E-state index in [1.54, 1.807) is 32.2 Å². The standard InChI is InChI=1S/C28H42N2O6/c1-16-9-7-10-17(2)27(33)30-22-12-8-11-21(15-22)24(31)19(4)14-23(35-6)25(32)18(3)13-20(5)26(16)36-28(29)34/h8,10-13,15-16,18-19,23-26,31-32H,7,9,14H2,1-6H3,(H2,29,34)(H,30,33)/b17-10+,20-13+/t16-,18-,19-,23-,24?,25+,26-/m0/s1. The molecule has 1 unspecified atom stereocenters. The fraction of sp³-hybridized carbons (Fsp3) is 0.571. The second-order valence-electron chi connectivity index (χ2n) is 10.1. The molecular formula is C28H42N2O6. The number of methoxy groups -OCH3 is 1. The minimum atomic E-state index is -0.864. The number of hydrogen-bond donors (Lipinski definition) is 4. The van der Waals surface area contributed by atoms with Gasteiger partial charge in [0.25, 0.3) is 5.91 Å². The average molecular weight is 503 g/mol. The minimum Gasteiger partial charge on any atom is -0.442 e. The van der Waals surface area contributed by atoms with Crippen molar-refractivity contribution >= 4 is 17.7 Å². The van der Waals surface area contributed by atoms with Gasteiger partial charge in [0.15, 0.2) is 0 Å². The van der Waals surface area contributed by atoms with E-state index in [0.717, 1.165) is 5.57 Å². The van der Waals surface area contributed by atoms with Crippen LogP contribution >= 0.6 is 0 Å². The van der Waals surface area contributed by atoms with Crippen molar-refractivity contribution < 1.29 is 29.3 Å². The van der Waals surface area contributed by atoms with Crippen molar-refractivity contribution in [1.82, 2.24) is 0 Å². The molecule has 0 fully saturated rings. The van der Waals surface area contributed by atoms with Crippen molar-refractivity contribution in [2.24, 2.45) is 23.5 Å². The van der Waals surface area contributed by atoms with Gasteiger partial charge in [0, 0.05) is 24.3 Å². The van der Waals surface area contributed by atoms with Crippen molar-refractivity contribution in [2.45, 2.75) is 78.3 Å². The summed E-state index contributed by atoms with van der Waals surface area (Å²) in [5.41, 5.74) is 7.96. The Bertz CT molecular complexity index is 959. The highest BCUT2D eigenvalue weighted by Gasteiger charge is 2.30. The summed E-state index contributed by atoms with van der Waals surface area (Å²) in [4.78, 5) is 24.3. The molecule has 0 radical (unpaired) electrons. The topological polar surface area (TPSA) is 131 Å². The molecule has 5 N–H and O–H groups in total. The van der Waals surface area contributed by atoms with E-state index >= 15 is 0 Å². The van der Waals surface area contributed by atoms with Gasteiger partial charge < -0.3 is 30.7 Å². The predicted molar refractivity (Wildman–Crippen MR) is 140 cm³/mol. The Labute approximate surface area is 214 Å². The number of benzene rings is 1. The van der Waals surface area contributed by atoms with E-state index in [2.05, 4.69) is 5.32 Å². The predicted octanol–water partition coefficient (Wildman–Crippen LogP) is 4.48. The van der Waals surface area contributed by atoms with E-state index in [0.29, 0.717) is 36.1 Å². The third kappa shape index (κ3) is 8.18. The third-order valence-corrected chi connectivity index (χ3v) is 7.02. The van der Waals surface area contributed by atoms with Gasteiger partial charge in [-0.3, -0.25) is 4.79 Å². The second-order valence-corrected chi connectivity index (χ2v) is 10.1. The van der Waals surface area contributed by atoms with Crippen molar-refractivity contribution in [3.63, 3.8) is 0 Å². The first-order chi connectivity index (χ1) is 16.9. The number of nitrogens with one attached hydrogen (secondary N) is 1. The summed E-state index contributed by atoms with van der Waals surface area (Å²) in [5.74, 6) is -0.836. The number of carbonyl (C=O) groups is 2. The number of fused-ring (bicyclic) bond motifs is 2. The largest absolute Gasteiger partial charge is 0.442 e. The van der Waals surface area contributed by atoms with Crippen LogP contribution < -0.4 is 11.1 Å². The first kappa shape index (κ1) is 29.5. The highest BCUT2D eigenvalue weighted by molar-refractivity contribution is 6.03. The van der Waals surface area contributed by atoms with Crippen LogP contribution in [0.25, 0.3) is 0 Å². The lowest BCUT2D eigenvalue weighted by Gasteiger charge is -2.30. The van der Waals surface area contributed by atoms with E-state index in [4.69, 9.17) is 15.2 Å². The molecule has 0 saturated carbocycles. The van der Waals surface area contributed by atoms with Crippen molar-refractivity contribution in [3.8, 4) is 0 Å². The van der Waals surface area contributed by atoms with Gasteiger partial charge >= 0.3 is 6.09 Å². The Kier molecular flexibility index (Phi) is 11.1. The SMILES string of the molecule is CO[C@H]1C[C@H](C)C(O)c2cccc(c2)NC(=O)/C(C)=C/CC[C@H](C)[C@H](OC(N)=O)/C(C)=C/[C@H](C)[C@H]1O. The van der Waals surface area contributed by atoms with Crippen LogP contribution in [-0.2, 0) is 14.3 Å². The Balaban J connectivity index is 2.44. The van der Waals surface area contributed by atoms with E-state index in [1.165, 1.54) is 0 Å². The number of aliphatic hydroxyl groups excluding tert-OH is 2. The zero-order valence-corrected chi connectivity index (χ0v) is 22.2. The number of nitrogens with two attached hydrogens (primary N) is 1. The number of aliphatic hydroxyl groups is 2. The monoisotopic (exact) mass is 502 g/mol. The molecule has 200 valence electrons. The summed E-state index contributed by atoms with van der Waals surface area (Å²) in [6.45, 7) is 9.34. The second kappa shape index (κ2) is 13.6. The van der Waals surface area contributed by atoms with Crippen LogP contribution in [0, 0.1) is 17.8 Å². The van der Waals surface area contributed by atoms with Crippen LogP contribution in [0.1, 0.15) is 65.5 Å². The molecule has 0 aliphatic carbocycles. The van der Waals surface area contributed by atoms with Gasteiger partial charge in [0.2, 0.25) is 0 Å². The summed E-state index contributed by atoms with van der Waals surface area (Å²) in [6.07, 6.45) is 1.79. The van der Waals surface area contributed by atoms with Gasteiger partial charge in [-0.05, 0) is 68.2 Å². The van der Waals surface area contributed by atoms with E-state index < -0.39 is 30.5 Å². The number of ether oxygens (including phenoxy) is 2. The Hall–Kier alpha value is -2.68. The first-order valence-corrected chi connectivity index (χ1v) is 12.6. The zero-order chi connectivity index (χ0) is 27.0. The number of hydrogen-bond acceptors (Lipinski definition) is 6. The molecule has 1 aromatic carbocycles. The molecule has 2 amide bonds. The van der Waals surface area contributed by atoms with Crippen molar-refractivity contribution in [3.05, 3.63) is 53.1 Å². The molecule has 7 atom stereocenters. The molecule has 2 rings (SSSR count). The molecule has 1 heterocycles. The van der Waals surface area contributed by atoms with Crippen LogP contribution in [0.5, 0.6) is 0 Å². The molecule has 8 heteroatoms. The molecule has 0 aromatic heterocycles. The Morgan fingerprint density at radius 1 is 1.14 bits per heavy atom. The van der Waals surface area contributed by atoms with Gasteiger partial charge in [-0.25, -0.2) is 4.79 Å². The fourth-order valence-electron chi connectivity index (χ4n) is 4.77. The smallest absolute Gasteiger partial charge is 0.405 e. The van der Waals surface area contributed by atoms with Gasteiger partial charge in [0.05, 0.1) is 18.3 Å². The van der Waals surface area contributed by atoms with E-state index in [9.17, 15) is 19.8 Å². The van der Waals surface area contributed by atoms with E-state index in [-0.39, 0.29) is 23.7 Å². The summed E-state index contributed by atoms with van der Waals surface area (Å²) in [7, 11) is 1.54. The van der Waals surface area contributed by atoms with Gasteiger partial charge in [0.1, 0.15) is 6.10 Å². The number of anilines is 1. The number of rotatable bonds is 2. The molecule has 36 heavy (non-hydrogen) atoms. The molecule has 1 aromatic rings.